The molecule has 0 radical (unpaired) electrons. The van der Waals surface area contributed by atoms with Gasteiger partial charge in [-0.1, -0.05) is 0 Å². The number of carbonyl (C=O) groups is 1. The Morgan fingerprint density at radius 1 is 1.73 bits per heavy atom. The van der Waals surface area contributed by atoms with Crippen molar-refractivity contribution in [3.63, 3.8) is 0 Å². The van der Waals surface area contributed by atoms with Crippen LogP contribution in [0, 0.1) is 12.3 Å². The van der Waals surface area contributed by atoms with Crippen molar-refractivity contribution in [3.8, 4) is 12.3 Å². The highest BCUT2D eigenvalue weighted by atomic mass is 16.2. The van der Waals surface area contributed by atoms with Crippen LogP contribution in [0.3, 0.4) is 0 Å². The van der Waals surface area contributed by atoms with E-state index in [9.17, 15) is 4.79 Å². The summed E-state index contributed by atoms with van der Waals surface area (Å²) in [4.78, 5) is 10.9. The fraction of sp³-hybridized carbons (Fsp3) is 0.625. The van der Waals surface area contributed by atoms with Gasteiger partial charge in [-0.05, 0) is 13.8 Å². The molecule has 11 heavy (non-hydrogen) atoms. The largest absolute Gasteiger partial charge is 0.351 e. The molecule has 0 saturated heterocycles. The Labute approximate surface area is 67.3 Å². The molecule has 3 heteroatoms. The predicted molar refractivity (Wildman–Crippen MR) is 44.7 cm³/mol. The van der Waals surface area contributed by atoms with Gasteiger partial charge in [-0.15, -0.1) is 12.3 Å². The monoisotopic (exact) mass is 154 g/mol. The maximum atomic E-state index is 10.9. The zero-order valence-corrected chi connectivity index (χ0v) is 6.92. The summed E-state index contributed by atoms with van der Waals surface area (Å²) in [6.45, 7) is 3.48. The molecule has 1 unspecified atom stereocenters. The third-order valence-corrected chi connectivity index (χ3v) is 1.23. The standard InChI is InChI=1S/C8H14N2O/c1-4-5-6(2)10-8(11)7(3)9/h1,6-7H,5,9H2,2-3H3,(H,10,11)/t6?,7-/m0/s1. The lowest BCUT2D eigenvalue weighted by molar-refractivity contribution is -0.122. The molecule has 0 bridgehead atoms. The molecule has 0 spiro atoms. The number of nitrogens with one attached hydrogen (secondary N) is 1. The molecule has 3 N–H and O–H groups in total. The third-order valence-electron chi connectivity index (χ3n) is 1.23. The molecule has 0 fully saturated rings. The fourth-order valence-electron chi connectivity index (χ4n) is 0.602. The van der Waals surface area contributed by atoms with Crippen LogP contribution >= 0.6 is 0 Å². The summed E-state index contributed by atoms with van der Waals surface area (Å²) in [7, 11) is 0. The molecular formula is C8H14N2O. The van der Waals surface area contributed by atoms with Gasteiger partial charge in [0.1, 0.15) is 0 Å². The van der Waals surface area contributed by atoms with Crippen LogP contribution in [0.5, 0.6) is 0 Å². The summed E-state index contributed by atoms with van der Waals surface area (Å²) in [5.41, 5.74) is 5.32. The van der Waals surface area contributed by atoms with Crippen LogP contribution in [-0.4, -0.2) is 18.0 Å². The number of nitrogens with two attached hydrogens (primary N) is 1. The van der Waals surface area contributed by atoms with Crippen molar-refractivity contribution >= 4 is 5.91 Å². The summed E-state index contributed by atoms with van der Waals surface area (Å²) in [5.74, 6) is 2.30. The Morgan fingerprint density at radius 3 is 2.64 bits per heavy atom. The SMILES string of the molecule is C#CCC(C)NC(=O)[C@H](C)N. The predicted octanol–water partition coefficient (Wildman–Crippen LogP) is -0.138. The minimum Gasteiger partial charge on any atom is -0.351 e. The number of carbonyl (C=O) groups excluding carboxylic acids is 1. The van der Waals surface area contributed by atoms with E-state index in [0.29, 0.717) is 6.42 Å². The van der Waals surface area contributed by atoms with E-state index in [-0.39, 0.29) is 11.9 Å². The summed E-state index contributed by atoms with van der Waals surface area (Å²) < 4.78 is 0. The Kier molecular flexibility index (Phi) is 4.32. The average molecular weight is 154 g/mol. The summed E-state index contributed by atoms with van der Waals surface area (Å²) >= 11 is 0. The molecule has 0 aliphatic heterocycles. The van der Waals surface area contributed by atoms with Gasteiger partial charge in [-0.25, -0.2) is 0 Å². The van der Waals surface area contributed by atoms with Crippen molar-refractivity contribution in [1.29, 1.82) is 0 Å². The smallest absolute Gasteiger partial charge is 0.236 e. The maximum Gasteiger partial charge on any atom is 0.236 e. The molecule has 2 atom stereocenters. The van der Waals surface area contributed by atoms with Crippen LogP contribution in [-0.2, 0) is 4.79 Å². The van der Waals surface area contributed by atoms with Crippen LogP contribution in [0.25, 0.3) is 0 Å². The minimum atomic E-state index is -0.463. The lowest BCUT2D eigenvalue weighted by Gasteiger charge is -2.12. The molecule has 62 valence electrons. The number of hydrogen-bond acceptors (Lipinski definition) is 2. The second-order valence-electron chi connectivity index (χ2n) is 2.61. The Balaban J connectivity index is 3.68. The van der Waals surface area contributed by atoms with Crippen molar-refractivity contribution in [3.05, 3.63) is 0 Å². The van der Waals surface area contributed by atoms with Crippen LogP contribution in [0.4, 0.5) is 0 Å². The molecule has 0 heterocycles. The van der Waals surface area contributed by atoms with E-state index >= 15 is 0 Å². The van der Waals surface area contributed by atoms with Crippen LogP contribution < -0.4 is 11.1 Å². The molecule has 0 aromatic rings. The highest BCUT2D eigenvalue weighted by Gasteiger charge is 2.09. The minimum absolute atomic E-state index is 0.0125. The molecular weight excluding hydrogens is 140 g/mol. The molecule has 0 aliphatic rings. The highest BCUT2D eigenvalue weighted by Crippen LogP contribution is 1.88. The van der Waals surface area contributed by atoms with Crippen molar-refractivity contribution in [2.24, 2.45) is 5.73 Å². The van der Waals surface area contributed by atoms with Gasteiger partial charge in [0.15, 0.2) is 0 Å². The summed E-state index contributed by atoms with van der Waals surface area (Å²) in [6, 6.07) is -0.450. The zero-order valence-electron chi connectivity index (χ0n) is 6.92. The fourth-order valence-corrected chi connectivity index (χ4v) is 0.602. The lowest BCUT2D eigenvalue weighted by Crippen LogP contribution is -2.42. The van der Waals surface area contributed by atoms with Crippen molar-refractivity contribution in [1.82, 2.24) is 5.32 Å². The molecule has 0 aromatic carbocycles. The summed E-state index contributed by atoms with van der Waals surface area (Å²) in [5, 5.41) is 2.67. The molecule has 0 rings (SSSR count). The van der Waals surface area contributed by atoms with Gasteiger partial charge in [0.25, 0.3) is 0 Å². The second-order valence-corrected chi connectivity index (χ2v) is 2.61. The first-order valence-electron chi connectivity index (χ1n) is 3.57. The third kappa shape index (κ3) is 4.40. The first kappa shape index (κ1) is 9.99. The molecule has 3 nitrogen and oxygen atoms in total. The normalized spacial score (nSPS) is 14.7. The molecule has 0 aromatic heterocycles. The van der Waals surface area contributed by atoms with Crippen LogP contribution in [0.15, 0.2) is 0 Å². The first-order valence-corrected chi connectivity index (χ1v) is 3.57. The van der Waals surface area contributed by atoms with Gasteiger partial charge >= 0.3 is 0 Å². The Bertz CT molecular complexity index is 169. The quantitative estimate of drug-likeness (QED) is 0.556. The van der Waals surface area contributed by atoms with E-state index in [2.05, 4.69) is 11.2 Å². The van der Waals surface area contributed by atoms with E-state index in [1.54, 1.807) is 6.92 Å². The number of amides is 1. The van der Waals surface area contributed by atoms with E-state index in [0.717, 1.165) is 0 Å². The lowest BCUT2D eigenvalue weighted by atomic mass is 10.2. The van der Waals surface area contributed by atoms with Gasteiger partial charge in [0, 0.05) is 12.5 Å². The number of rotatable bonds is 3. The average Bonchev–Trinajstić information content (AvgIpc) is 1.87. The van der Waals surface area contributed by atoms with Crippen molar-refractivity contribution < 1.29 is 4.79 Å². The molecule has 0 aliphatic carbocycles. The van der Waals surface area contributed by atoms with Gasteiger partial charge in [-0.2, -0.15) is 0 Å². The first-order chi connectivity index (χ1) is 5.07. The van der Waals surface area contributed by atoms with Gasteiger partial charge in [0.2, 0.25) is 5.91 Å². The number of hydrogen-bond donors (Lipinski definition) is 2. The topological polar surface area (TPSA) is 55.1 Å². The Hall–Kier alpha value is -1.01. The van der Waals surface area contributed by atoms with Crippen LogP contribution in [0.2, 0.25) is 0 Å². The Morgan fingerprint density at radius 2 is 2.27 bits per heavy atom. The molecule has 1 amide bonds. The summed E-state index contributed by atoms with van der Waals surface area (Å²) in [6.07, 6.45) is 5.59. The van der Waals surface area contributed by atoms with Gasteiger partial charge in [0.05, 0.1) is 6.04 Å². The van der Waals surface area contributed by atoms with Crippen LogP contribution in [0.1, 0.15) is 20.3 Å². The van der Waals surface area contributed by atoms with E-state index < -0.39 is 6.04 Å². The van der Waals surface area contributed by atoms with E-state index in [1.165, 1.54) is 0 Å². The number of terminal acetylenes is 1. The van der Waals surface area contributed by atoms with E-state index in [1.807, 2.05) is 6.92 Å². The highest BCUT2D eigenvalue weighted by molar-refractivity contribution is 5.81. The maximum absolute atomic E-state index is 10.9. The van der Waals surface area contributed by atoms with E-state index in [4.69, 9.17) is 12.2 Å². The van der Waals surface area contributed by atoms with Crippen molar-refractivity contribution in [2.45, 2.75) is 32.4 Å². The second kappa shape index (κ2) is 4.75. The van der Waals surface area contributed by atoms with Gasteiger partial charge in [-0.3, -0.25) is 4.79 Å². The molecule has 0 saturated carbocycles. The van der Waals surface area contributed by atoms with Crippen molar-refractivity contribution in [2.75, 3.05) is 0 Å². The zero-order chi connectivity index (χ0) is 8.85. The van der Waals surface area contributed by atoms with Gasteiger partial charge < -0.3 is 11.1 Å².